The third-order valence-corrected chi connectivity index (χ3v) is 5.58. The van der Waals surface area contributed by atoms with Crippen LogP contribution < -0.4 is 16.0 Å². The van der Waals surface area contributed by atoms with Gasteiger partial charge < -0.3 is 20.9 Å². The summed E-state index contributed by atoms with van der Waals surface area (Å²) in [6.45, 7) is 9.33. The Morgan fingerprint density at radius 3 is 2.37 bits per heavy atom. The number of urea groups is 1. The van der Waals surface area contributed by atoms with Crippen molar-refractivity contribution in [1.29, 1.82) is 0 Å². The number of amides is 3. The smallest absolute Gasteiger partial charge is 0.319 e. The number of hydrogen-bond acceptors (Lipinski definition) is 3. The molecule has 2 saturated heterocycles. The fraction of sp³-hybridized carbons (Fsp3) is 0.600. The summed E-state index contributed by atoms with van der Waals surface area (Å²) in [5.41, 5.74) is 0.657. The van der Waals surface area contributed by atoms with E-state index >= 15 is 0 Å². The molecule has 1 aromatic carbocycles. The number of rotatable bonds is 2. The summed E-state index contributed by atoms with van der Waals surface area (Å²) < 4.78 is 0. The van der Waals surface area contributed by atoms with Gasteiger partial charge in [-0.1, -0.05) is 11.6 Å². The van der Waals surface area contributed by atoms with Crippen molar-refractivity contribution in [2.24, 2.45) is 11.8 Å². The molecule has 0 bridgehead atoms. The van der Waals surface area contributed by atoms with Crippen molar-refractivity contribution in [3.05, 3.63) is 28.8 Å². The summed E-state index contributed by atoms with van der Waals surface area (Å²) in [6.07, 6.45) is 2.04. The monoisotopic (exact) mass is 392 g/mol. The standard InChI is InChI=1S/C20H29ClN4O2/c1-20(2,3)24-19(27)23-15-4-5-17(21)16(10-15)18(26)25-8-6-13-11-22-12-14(13)7-9-25/h4-5,10,13-14,22H,6-9,11-12H2,1-3H3,(H2,23,24,27)/t13-,14+. The lowest BCUT2D eigenvalue weighted by Crippen LogP contribution is -2.43. The molecule has 2 aliphatic rings. The Balaban J connectivity index is 1.70. The second kappa shape index (κ2) is 8.07. The quantitative estimate of drug-likeness (QED) is 0.722. The number of halogens is 1. The lowest BCUT2D eigenvalue weighted by atomic mass is 9.92. The van der Waals surface area contributed by atoms with Gasteiger partial charge in [0.05, 0.1) is 10.6 Å². The summed E-state index contributed by atoms with van der Waals surface area (Å²) in [5.74, 6) is 1.26. The number of fused-ring (bicyclic) bond motifs is 1. The van der Waals surface area contributed by atoms with E-state index in [1.54, 1.807) is 18.2 Å². The zero-order valence-electron chi connectivity index (χ0n) is 16.3. The fourth-order valence-corrected chi connectivity index (χ4v) is 4.06. The molecular formula is C20H29ClN4O2. The summed E-state index contributed by atoms with van der Waals surface area (Å²) in [5, 5.41) is 9.48. The molecule has 3 rings (SSSR count). The number of likely N-dealkylation sites (tertiary alicyclic amines) is 1. The van der Waals surface area contributed by atoms with E-state index in [0.717, 1.165) is 39.0 Å². The van der Waals surface area contributed by atoms with Gasteiger partial charge in [-0.3, -0.25) is 4.79 Å². The Morgan fingerprint density at radius 2 is 1.78 bits per heavy atom. The number of benzene rings is 1. The Morgan fingerprint density at radius 1 is 1.15 bits per heavy atom. The van der Waals surface area contributed by atoms with Crippen LogP contribution in [0.2, 0.25) is 5.02 Å². The predicted molar refractivity (Wildman–Crippen MR) is 108 cm³/mol. The molecule has 27 heavy (non-hydrogen) atoms. The van der Waals surface area contributed by atoms with Crippen LogP contribution in [0, 0.1) is 11.8 Å². The van der Waals surface area contributed by atoms with Gasteiger partial charge >= 0.3 is 6.03 Å². The van der Waals surface area contributed by atoms with Crippen molar-refractivity contribution in [3.8, 4) is 0 Å². The van der Waals surface area contributed by atoms with E-state index in [4.69, 9.17) is 11.6 Å². The zero-order chi connectivity index (χ0) is 19.6. The van der Waals surface area contributed by atoms with Crippen LogP contribution in [0.15, 0.2) is 18.2 Å². The van der Waals surface area contributed by atoms with Crippen LogP contribution in [0.1, 0.15) is 44.0 Å². The zero-order valence-corrected chi connectivity index (χ0v) is 17.0. The summed E-state index contributed by atoms with van der Waals surface area (Å²) in [7, 11) is 0. The number of nitrogens with zero attached hydrogens (tertiary/aromatic N) is 1. The molecule has 2 heterocycles. The largest absolute Gasteiger partial charge is 0.339 e. The van der Waals surface area contributed by atoms with E-state index in [1.807, 2.05) is 25.7 Å². The minimum absolute atomic E-state index is 0.0622. The molecule has 3 N–H and O–H groups in total. The van der Waals surface area contributed by atoms with E-state index in [9.17, 15) is 9.59 Å². The maximum atomic E-state index is 13.1. The molecule has 3 amide bonds. The van der Waals surface area contributed by atoms with Crippen LogP contribution in [0.5, 0.6) is 0 Å². The van der Waals surface area contributed by atoms with Crippen LogP contribution >= 0.6 is 11.6 Å². The molecule has 6 nitrogen and oxygen atoms in total. The van der Waals surface area contributed by atoms with Gasteiger partial charge in [0, 0.05) is 24.3 Å². The molecular weight excluding hydrogens is 364 g/mol. The molecule has 2 aliphatic heterocycles. The van der Waals surface area contributed by atoms with Gasteiger partial charge in [-0.25, -0.2) is 4.79 Å². The van der Waals surface area contributed by atoms with E-state index in [-0.39, 0.29) is 17.5 Å². The molecule has 0 saturated carbocycles. The lowest BCUT2D eigenvalue weighted by Gasteiger charge is -2.23. The van der Waals surface area contributed by atoms with Crippen LogP contribution in [0.4, 0.5) is 10.5 Å². The summed E-state index contributed by atoms with van der Waals surface area (Å²) in [4.78, 5) is 27.1. The van der Waals surface area contributed by atoms with E-state index in [1.165, 1.54) is 0 Å². The minimum Gasteiger partial charge on any atom is -0.339 e. The maximum absolute atomic E-state index is 13.1. The average Bonchev–Trinajstić information content (AvgIpc) is 2.93. The van der Waals surface area contributed by atoms with Gasteiger partial charge in [0.25, 0.3) is 5.91 Å². The van der Waals surface area contributed by atoms with Gasteiger partial charge in [0.1, 0.15) is 0 Å². The number of hydrogen-bond donors (Lipinski definition) is 3. The average molecular weight is 393 g/mol. The third kappa shape index (κ3) is 5.14. The minimum atomic E-state index is -0.339. The second-order valence-electron chi connectivity index (χ2n) is 8.57. The highest BCUT2D eigenvalue weighted by Gasteiger charge is 2.32. The van der Waals surface area contributed by atoms with Crippen LogP contribution in [-0.4, -0.2) is 48.6 Å². The summed E-state index contributed by atoms with van der Waals surface area (Å²) >= 11 is 6.30. The van der Waals surface area contributed by atoms with Crippen molar-refractivity contribution in [2.75, 3.05) is 31.5 Å². The third-order valence-electron chi connectivity index (χ3n) is 5.25. The molecule has 2 fully saturated rings. The molecule has 7 heteroatoms. The first kappa shape index (κ1) is 20.0. The first-order chi connectivity index (χ1) is 12.7. The predicted octanol–water partition coefficient (Wildman–Crippen LogP) is 3.33. The number of anilines is 1. The van der Waals surface area contributed by atoms with Gasteiger partial charge in [0.2, 0.25) is 0 Å². The highest BCUT2D eigenvalue weighted by Crippen LogP contribution is 2.29. The Kier molecular flexibility index (Phi) is 5.96. The highest BCUT2D eigenvalue weighted by atomic mass is 35.5. The topological polar surface area (TPSA) is 73.5 Å². The van der Waals surface area contributed by atoms with Crippen LogP contribution in [0.3, 0.4) is 0 Å². The number of carbonyl (C=O) groups excluding carboxylic acids is 2. The van der Waals surface area contributed by atoms with E-state index < -0.39 is 0 Å². The van der Waals surface area contributed by atoms with Gasteiger partial charge in [0.15, 0.2) is 0 Å². The molecule has 0 spiro atoms. The van der Waals surface area contributed by atoms with Crippen LogP contribution in [-0.2, 0) is 0 Å². The van der Waals surface area contributed by atoms with Crippen LogP contribution in [0.25, 0.3) is 0 Å². The SMILES string of the molecule is CC(C)(C)NC(=O)Nc1ccc(Cl)c(C(=O)N2CC[C@@H]3CNC[C@@H]3CC2)c1. The van der Waals surface area contributed by atoms with Crippen molar-refractivity contribution in [2.45, 2.75) is 39.2 Å². The molecule has 0 aliphatic carbocycles. The normalized spacial score (nSPS) is 22.7. The van der Waals surface area contributed by atoms with E-state index in [0.29, 0.717) is 28.1 Å². The Labute approximate surface area is 166 Å². The maximum Gasteiger partial charge on any atom is 0.319 e. The molecule has 148 valence electrons. The van der Waals surface area contributed by atoms with Crippen molar-refractivity contribution in [3.63, 3.8) is 0 Å². The second-order valence-corrected chi connectivity index (χ2v) is 8.98. The number of carbonyl (C=O) groups is 2. The first-order valence-corrected chi connectivity index (χ1v) is 9.99. The lowest BCUT2D eigenvalue weighted by molar-refractivity contribution is 0.0758. The van der Waals surface area contributed by atoms with Gasteiger partial charge in [-0.2, -0.15) is 0 Å². The highest BCUT2D eigenvalue weighted by molar-refractivity contribution is 6.34. The van der Waals surface area contributed by atoms with Crippen molar-refractivity contribution < 1.29 is 9.59 Å². The summed E-state index contributed by atoms with van der Waals surface area (Å²) in [6, 6.07) is 4.73. The van der Waals surface area contributed by atoms with E-state index in [2.05, 4.69) is 16.0 Å². The molecule has 2 atom stereocenters. The van der Waals surface area contributed by atoms with Gasteiger partial charge in [-0.15, -0.1) is 0 Å². The number of nitrogens with one attached hydrogen (secondary N) is 3. The van der Waals surface area contributed by atoms with Crippen molar-refractivity contribution in [1.82, 2.24) is 15.5 Å². The molecule has 0 radical (unpaired) electrons. The first-order valence-electron chi connectivity index (χ1n) is 9.61. The fourth-order valence-electron chi connectivity index (χ4n) is 3.86. The molecule has 0 unspecified atom stereocenters. The van der Waals surface area contributed by atoms with Crippen molar-refractivity contribution >= 4 is 29.2 Å². The molecule has 0 aromatic heterocycles. The Hall–Kier alpha value is -1.79. The van der Waals surface area contributed by atoms with Gasteiger partial charge in [-0.05, 0) is 76.7 Å². The Bertz CT molecular complexity index is 702. The molecule has 1 aromatic rings.